The number of carbonyl (C=O) groups is 1. The maximum atomic E-state index is 13.2. The van der Waals surface area contributed by atoms with Crippen LogP contribution in [0, 0.1) is 6.92 Å². The first-order chi connectivity index (χ1) is 14.9. The molecule has 0 spiro atoms. The van der Waals surface area contributed by atoms with Crippen molar-refractivity contribution in [2.45, 2.75) is 65.9 Å². The Labute approximate surface area is 186 Å². The lowest BCUT2D eigenvalue weighted by molar-refractivity contribution is -0.150. The fraction of sp³-hybridized carbons (Fsp3) is 0.458. The van der Waals surface area contributed by atoms with Crippen molar-refractivity contribution in [3.05, 3.63) is 45.3 Å². The molecule has 7 heteroatoms. The SMILES string of the molecule is CCCCCCc1cc2c(=O)c(-c3nc(C)cs3)coc2cc1OC(C)C(=O)OCC. The molecule has 0 aliphatic carbocycles. The second-order valence-corrected chi connectivity index (χ2v) is 8.41. The molecule has 0 aliphatic rings. The van der Waals surface area contributed by atoms with Crippen molar-refractivity contribution in [1.29, 1.82) is 0 Å². The van der Waals surface area contributed by atoms with Gasteiger partial charge in [-0.05, 0) is 45.2 Å². The van der Waals surface area contributed by atoms with E-state index in [4.69, 9.17) is 13.9 Å². The van der Waals surface area contributed by atoms with Crippen LogP contribution in [-0.2, 0) is 16.0 Å². The van der Waals surface area contributed by atoms with Crippen LogP contribution in [-0.4, -0.2) is 23.7 Å². The summed E-state index contributed by atoms with van der Waals surface area (Å²) in [4.78, 5) is 29.7. The molecule has 0 fully saturated rings. The highest BCUT2D eigenvalue weighted by Crippen LogP contribution is 2.30. The molecule has 0 bridgehead atoms. The molecule has 1 aromatic carbocycles. The number of fused-ring (bicyclic) bond motifs is 1. The first-order valence-corrected chi connectivity index (χ1v) is 11.7. The lowest BCUT2D eigenvalue weighted by Gasteiger charge is -2.17. The van der Waals surface area contributed by atoms with Crippen molar-refractivity contribution in [3.8, 4) is 16.3 Å². The molecule has 2 heterocycles. The lowest BCUT2D eigenvalue weighted by Crippen LogP contribution is -2.26. The van der Waals surface area contributed by atoms with E-state index in [-0.39, 0.29) is 5.43 Å². The second kappa shape index (κ2) is 10.6. The number of aromatic nitrogens is 1. The van der Waals surface area contributed by atoms with Crippen LogP contribution in [0.3, 0.4) is 0 Å². The Morgan fingerprint density at radius 3 is 2.71 bits per heavy atom. The minimum atomic E-state index is -0.754. The van der Waals surface area contributed by atoms with Gasteiger partial charge in [0.15, 0.2) is 6.10 Å². The van der Waals surface area contributed by atoms with Crippen LogP contribution in [0.1, 0.15) is 57.7 Å². The fourth-order valence-corrected chi connectivity index (χ4v) is 4.17. The first kappa shape index (κ1) is 23.0. The van der Waals surface area contributed by atoms with Gasteiger partial charge in [-0.1, -0.05) is 26.2 Å². The van der Waals surface area contributed by atoms with Gasteiger partial charge in [-0.25, -0.2) is 9.78 Å². The summed E-state index contributed by atoms with van der Waals surface area (Å²) in [6.07, 6.45) is 5.80. The van der Waals surface area contributed by atoms with Gasteiger partial charge < -0.3 is 13.9 Å². The number of benzene rings is 1. The van der Waals surface area contributed by atoms with Crippen molar-refractivity contribution in [3.63, 3.8) is 0 Å². The second-order valence-electron chi connectivity index (χ2n) is 7.55. The Balaban J connectivity index is 2.00. The molecule has 6 nitrogen and oxygen atoms in total. The number of ether oxygens (including phenoxy) is 2. The van der Waals surface area contributed by atoms with Crippen molar-refractivity contribution in [2.24, 2.45) is 0 Å². The zero-order valence-corrected chi connectivity index (χ0v) is 19.3. The average molecular weight is 444 g/mol. The molecule has 3 rings (SSSR count). The number of hydrogen-bond donors (Lipinski definition) is 0. The highest BCUT2D eigenvalue weighted by molar-refractivity contribution is 7.13. The highest BCUT2D eigenvalue weighted by atomic mass is 32.1. The molecule has 31 heavy (non-hydrogen) atoms. The Bertz CT molecular complexity index is 1100. The van der Waals surface area contributed by atoms with Gasteiger partial charge in [0.25, 0.3) is 0 Å². The molecule has 0 saturated carbocycles. The third-order valence-corrected chi connectivity index (χ3v) is 6.02. The maximum Gasteiger partial charge on any atom is 0.347 e. The number of nitrogens with zero attached hydrogens (tertiary/aromatic N) is 1. The van der Waals surface area contributed by atoms with Gasteiger partial charge in [-0.2, -0.15) is 0 Å². The zero-order chi connectivity index (χ0) is 22.4. The van der Waals surface area contributed by atoms with E-state index in [2.05, 4.69) is 11.9 Å². The van der Waals surface area contributed by atoms with Crippen LogP contribution in [0.25, 0.3) is 21.5 Å². The van der Waals surface area contributed by atoms with Crippen molar-refractivity contribution in [2.75, 3.05) is 6.61 Å². The van der Waals surface area contributed by atoms with Crippen LogP contribution in [0.2, 0.25) is 0 Å². The van der Waals surface area contributed by atoms with Gasteiger partial charge in [0.05, 0.1) is 17.6 Å². The number of carbonyl (C=O) groups excluding carboxylic acids is 1. The molecule has 0 radical (unpaired) electrons. The largest absolute Gasteiger partial charge is 0.479 e. The van der Waals surface area contributed by atoms with Gasteiger partial charge in [0.1, 0.15) is 22.6 Å². The Morgan fingerprint density at radius 2 is 2.03 bits per heavy atom. The fourth-order valence-electron chi connectivity index (χ4n) is 3.37. The summed E-state index contributed by atoms with van der Waals surface area (Å²) in [6, 6.07) is 3.54. The van der Waals surface area contributed by atoms with Gasteiger partial charge in [0.2, 0.25) is 5.43 Å². The van der Waals surface area contributed by atoms with Gasteiger partial charge in [-0.3, -0.25) is 4.79 Å². The van der Waals surface area contributed by atoms with Crippen LogP contribution < -0.4 is 10.2 Å². The van der Waals surface area contributed by atoms with E-state index in [0.29, 0.717) is 33.9 Å². The molecule has 3 aromatic rings. The summed E-state index contributed by atoms with van der Waals surface area (Å²) in [6.45, 7) is 7.77. The van der Waals surface area contributed by atoms with E-state index in [9.17, 15) is 9.59 Å². The Hall–Kier alpha value is -2.67. The molecule has 0 N–H and O–H groups in total. The minimum Gasteiger partial charge on any atom is -0.479 e. The zero-order valence-electron chi connectivity index (χ0n) is 18.5. The number of aryl methyl sites for hydroxylation is 2. The molecule has 1 atom stereocenters. The third-order valence-electron chi connectivity index (χ3n) is 5.03. The molecule has 0 aliphatic heterocycles. The molecular formula is C24H29NO5S. The molecule has 2 aromatic heterocycles. The summed E-state index contributed by atoms with van der Waals surface area (Å²) < 4.78 is 16.8. The monoisotopic (exact) mass is 443 g/mol. The third kappa shape index (κ3) is 5.53. The van der Waals surface area contributed by atoms with Gasteiger partial charge in [0, 0.05) is 17.1 Å². The Kier molecular flexibility index (Phi) is 7.85. The predicted molar refractivity (Wildman–Crippen MR) is 123 cm³/mol. The van der Waals surface area contributed by atoms with E-state index in [1.807, 2.05) is 18.4 Å². The van der Waals surface area contributed by atoms with E-state index < -0.39 is 12.1 Å². The topological polar surface area (TPSA) is 78.6 Å². The molecule has 0 saturated heterocycles. The van der Waals surface area contributed by atoms with E-state index in [1.165, 1.54) is 17.6 Å². The summed E-state index contributed by atoms with van der Waals surface area (Å²) in [5, 5.41) is 3.05. The number of thiazole rings is 1. The number of rotatable bonds is 10. The number of unbranched alkanes of at least 4 members (excludes halogenated alkanes) is 3. The number of esters is 1. The molecular weight excluding hydrogens is 414 g/mol. The van der Waals surface area contributed by atoms with Gasteiger partial charge >= 0.3 is 5.97 Å². The molecule has 0 amide bonds. The van der Waals surface area contributed by atoms with E-state index >= 15 is 0 Å². The minimum absolute atomic E-state index is 0.115. The quantitative estimate of drug-likeness (QED) is 0.296. The smallest absolute Gasteiger partial charge is 0.347 e. The normalized spacial score (nSPS) is 12.1. The van der Waals surface area contributed by atoms with Crippen LogP contribution in [0.15, 0.2) is 33.0 Å². The standard InChI is InChI=1S/C24H29NO5S/c1-5-7-8-9-10-17-11-18-21(12-20(17)30-16(4)24(27)28-6-2)29-13-19(22(18)26)23-25-15(3)14-31-23/h11-14,16H,5-10H2,1-4H3. The van der Waals surface area contributed by atoms with Crippen LogP contribution in [0.4, 0.5) is 0 Å². The summed E-state index contributed by atoms with van der Waals surface area (Å²) in [7, 11) is 0. The van der Waals surface area contributed by atoms with Crippen molar-refractivity contribution in [1.82, 2.24) is 4.98 Å². The maximum absolute atomic E-state index is 13.2. The summed E-state index contributed by atoms with van der Waals surface area (Å²) >= 11 is 1.42. The molecule has 166 valence electrons. The van der Waals surface area contributed by atoms with Crippen LogP contribution in [0.5, 0.6) is 5.75 Å². The van der Waals surface area contributed by atoms with Crippen molar-refractivity contribution >= 4 is 28.3 Å². The summed E-state index contributed by atoms with van der Waals surface area (Å²) in [5.41, 5.74) is 2.52. The lowest BCUT2D eigenvalue weighted by atomic mass is 10.0. The predicted octanol–water partition coefficient (Wildman–Crippen LogP) is 5.68. The molecule has 1 unspecified atom stereocenters. The summed E-state index contributed by atoms with van der Waals surface area (Å²) in [5.74, 6) is 0.126. The first-order valence-electron chi connectivity index (χ1n) is 10.8. The van der Waals surface area contributed by atoms with E-state index in [1.54, 1.807) is 19.9 Å². The van der Waals surface area contributed by atoms with Crippen molar-refractivity contribution < 1.29 is 18.7 Å². The van der Waals surface area contributed by atoms with E-state index in [0.717, 1.165) is 43.4 Å². The highest BCUT2D eigenvalue weighted by Gasteiger charge is 2.20. The number of hydrogen-bond acceptors (Lipinski definition) is 7. The average Bonchev–Trinajstić information content (AvgIpc) is 3.18. The van der Waals surface area contributed by atoms with Gasteiger partial charge in [-0.15, -0.1) is 11.3 Å². The Morgan fingerprint density at radius 1 is 1.23 bits per heavy atom. The van der Waals surface area contributed by atoms with Crippen LogP contribution >= 0.6 is 11.3 Å².